The summed E-state index contributed by atoms with van der Waals surface area (Å²) < 4.78 is 22.2. The summed E-state index contributed by atoms with van der Waals surface area (Å²) in [7, 11) is -3.59. The van der Waals surface area contributed by atoms with Crippen LogP contribution in [-0.2, 0) is 22.9 Å². The first-order chi connectivity index (χ1) is 8.55. The molecule has 4 heteroatoms. The Morgan fingerprint density at radius 2 is 1.28 bits per heavy atom. The van der Waals surface area contributed by atoms with Gasteiger partial charge in [0.25, 0.3) is 0 Å². The summed E-state index contributed by atoms with van der Waals surface area (Å²) in [4.78, 5) is 0.158. The van der Waals surface area contributed by atoms with Gasteiger partial charge < -0.3 is 0 Å². The molecule has 0 aliphatic carbocycles. The SMILES string of the molecule is NS(=O)(=O)c1ccc(CCc2ccccc2)cc1. The predicted molar refractivity (Wildman–Crippen MR) is 71.7 cm³/mol. The van der Waals surface area contributed by atoms with Crippen molar-refractivity contribution in [1.82, 2.24) is 0 Å². The van der Waals surface area contributed by atoms with Gasteiger partial charge >= 0.3 is 0 Å². The molecule has 0 bridgehead atoms. The summed E-state index contributed by atoms with van der Waals surface area (Å²) in [5.41, 5.74) is 2.37. The highest BCUT2D eigenvalue weighted by atomic mass is 32.2. The molecule has 94 valence electrons. The second-order valence-electron chi connectivity index (χ2n) is 4.17. The first kappa shape index (κ1) is 12.8. The molecular weight excluding hydrogens is 246 g/mol. The molecule has 0 atom stereocenters. The second-order valence-corrected chi connectivity index (χ2v) is 5.74. The van der Waals surface area contributed by atoms with E-state index in [-0.39, 0.29) is 4.90 Å². The number of aryl methyl sites for hydroxylation is 2. The Labute approximate surface area is 107 Å². The summed E-state index contributed by atoms with van der Waals surface area (Å²) in [5.74, 6) is 0. The zero-order chi connectivity index (χ0) is 13.0. The molecule has 2 rings (SSSR count). The van der Waals surface area contributed by atoms with Crippen molar-refractivity contribution in [3.8, 4) is 0 Å². The van der Waals surface area contributed by atoms with Crippen LogP contribution in [0.2, 0.25) is 0 Å². The Hall–Kier alpha value is -1.65. The van der Waals surface area contributed by atoms with Crippen LogP contribution in [0.15, 0.2) is 59.5 Å². The zero-order valence-corrected chi connectivity index (χ0v) is 10.7. The third-order valence-electron chi connectivity index (χ3n) is 2.80. The topological polar surface area (TPSA) is 60.2 Å². The average molecular weight is 261 g/mol. The van der Waals surface area contributed by atoms with Gasteiger partial charge in [-0.3, -0.25) is 0 Å². The van der Waals surface area contributed by atoms with Crippen LogP contribution in [0.4, 0.5) is 0 Å². The highest BCUT2D eigenvalue weighted by Crippen LogP contribution is 2.11. The van der Waals surface area contributed by atoms with Crippen molar-refractivity contribution in [2.45, 2.75) is 17.7 Å². The van der Waals surface area contributed by atoms with E-state index in [4.69, 9.17) is 5.14 Å². The lowest BCUT2D eigenvalue weighted by atomic mass is 10.0. The number of sulfonamides is 1. The van der Waals surface area contributed by atoms with E-state index in [0.29, 0.717) is 0 Å². The van der Waals surface area contributed by atoms with Crippen molar-refractivity contribution in [2.75, 3.05) is 0 Å². The van der Waals surface area contributed by atoms with Gasteiger partial charge in [0.15, 0.2) is 0 Å². The molecule has 0 aliphatic heterocycles. The average Bonchev–Trinajstić information content (AvgIpc) is 2.37. The molecular formula is C14H15NO2S. The van der Waals surface area contributed by atoms with Gasteiger partial charge in [0.2, 0.25) is 10.0 Å². The Morgan fingerprint density at radius 3 is 1.78 bits per heavy atom. The zero-order valence-electron chi connectivity index (χ0n) is 9.91. The van der Waals surface area contributed by atoms with Gasteiger partial charge in [-0.1, -0.05) is 42.5 Å². The van der Waals surface area contributed by atoms with E-state index in [1.807, 2.05) is 30.3 Å². The molecule has 0 amide bonds. The van der Waals surface area contributed by atoms with Crippen LogP contribution in [-0.4, -0.2) is 8.42 Å². The summed E-state index contributed by atoms with van der Waals surface area (Å²) in [6.45, 7) is 0. The molecule has 0 aromatic heterocycles. The van der Waals surface area contributed by atoms with Crippen molar-refractivity contribution < 1.29 is 8.42 Å². The van der Waals surface area contributed by atoms with Crippen molar-refractivity contribution in [2.24, 2.45) is 5.14 Å². The van der Waals surface area contributed by atoms with Crippen LogP contribution in [0.5, 0.6) is 0 Å². The van der Waals surface area contributed by atoms with E-state index in [1.165, 1.54) is 5.56 Å². The van der Waals surface area contributed by atoms with E-state index in [0.717, 1.165) is 18.4 Å². The quantitative estimate of drug-likeness (QED) is 0.916. The van der Waals surface area contributed by atoms with E-state index in [1.54, 1.807) is 12.1 Å². The summed E-state index contributed by atoms with van der Waals surface area (Å²) in [5, 5.41) is 5.04. The number of hydrogen-bond acceptors (Lipinski definition) is 2. The fourth-order valence-corrected chi connectivity index (χ4v) is 2.29. The largest absolute Gasteiger partial charge is 0.238 e. The monoisotopic (exact) mass is 261 g/mol. The fraction of sp³-hybridized carbons (Fsp3) is 0.143. The minimum Gasteiger partial charge on any atom is -0.225 e. The van der Waals surface area contributed by atoms with Crippen LogP contribution in [0.1, 0.15) is 11.1 Å². The number of hydrogen-bond donors (Lipinski definition) is 1. The van der Waals surface area contributed by atoms with Crippen LogP contribution < -0.4 is 5.14 Å². The molecule has 0 saturated carbocycles. The van der Waals surface area contributed by atoms with Crippen LogP contribution in [0, 0.1) is 0 Å². The molecule has 3 nitrogen and oxygen atoms in total. The molecule has 0 radical (unpaired) electrons. The van der Waals surface area contributed by atoms with Gasteiger partial charge in [-0.25, -0.2) is 13.6 Å². The second kappa shape index (κ2) is 5.33. The third-order valence-corrected chi connectivity index (χ3v) is 3.73. The lowest BCUT2D eigenvalue weighted by Crippen LogP contribution is -2.11. The molecule has 0 heterocycles. The van der Waals surface area contributed by atoms with Crippen molar-refractivity contribution in [1.29, 1.82) is 0 Å². The smallest absolute Gasteiger partial charge is 0.225 e. The lowest BCUT2D eigenvalue weighted by molar-refractivity contribution is 0.598. The number of nitrogens with two attached hydrogens (primary N) is 1. The Morgan fingerprint density at radius 1 is 0.778 bits per heavy atom. The van der Waals surface area contributed by atoms with Crippen molar-refractivity contribution >= 4 is 10.0 Å². The Kier molecular flexibility index (Phi) is 3.79. The number of primary sulfonamides is 1. The minimum absolute atomic E-state index is 0.158. The van der Waals surface area contributed by atoms with E-state index < -0.39 is 10.0 Å². The van der Waals surface area contributed by atoms with E-state index >= 15 is 0 Å². The summed E-state index contributed by atoms with van der Waals surface area (Å²) in [6, 6.07) is 16.9. The van der Waals surface area contributed by atoms with Gasteiger partial charge in [0.05, 0.1) is 4.90 Å². The Balaban J connectivity index is 2.03. The van der Waals surface area contributed by atoms with E-state index in [9.17, 15) is 8.42 Å². The first-order valence-corrected chi connectivity index (χ1v) is 7.26. The lowest BCUT2D eigenvalue weighted by Gasteiger charge is -2.03. The molecule has 0 unspecified atom stereocenters. The molecule has 0 aliphatic rings. The first-order valence-electron chi connectivity index (χ1n) is 5.71. The van der Waals surface area contributed by atoms with Crippen LogP contribution >= 0.6 is 0 Å². The summed E-state index contributed by atoms with van der Waals surface area (Å²) in [6.07, 6.45) is 1.82. The van der Waals surface area contributed by atoms with Gasteiger partial charge in [0, 0.05) is 0 Å². The van der Waals surface area contributed by atoms with Crippen LogP contribution in [0.3, 0.4) is 0 Å². The third kappa shape index (κ3) is 3.42. The molecule has 2 aromatic rings. The van der Waals surface area contributed by atoms with Gasteiger partial charge in [-0.05, 0) is 36.1 Å². The highest BCUT2D eigenvalue weighted by molar-refractivity contribution is 7.89. The standard InChI is InChI=1S/C14H15NO2S/c15-18(16,17)14-10-8-13(9-11-14)7-6-12-4-2-1-3-5-12/h1-5,8-11H,6-7H2,(H2,15,16,17). The van der Waals surface area contributed by atoms with Gasteiger partial charge in [-0.2, -0.15) is 0 Å². The van der Waals surface area contributed by atoms with Crippen LogP contribution in [0.25, 0.3) is 0 Å². The van der Waals surface area contributed by atoms with Crippen molar-refractivity contribution in [3.05, 3.63) is 65.7 Å². The number of rotatable bonds is 4. The Bertz CT molecular complexity index is 604. The molecule has 0 saturated heterocycles. The maximum absolute atomic E-state index is 11.1. The molecule has 0 spiro atoms. The fourth-order valence-electron chi connectivity index (χ4n) is 1.78. The summed E-state index contributed by atoms with van der Waals surface area (Å²) >= 11 is 0. The molecule has 18 heavy (non-hydrogen) atoms. The minimum atomic E-state index is -3.59. The van der Waals surface area contributed by atoms with Gasteiger partial charge in [-0.15, -0.1) is 0 Å². The maximum atomic E-state index is 11.1. The number of benzene rings is 2. The predicted octanol–water partition coefficient (Wildman–Crippen LogP) is 2.12. The normalized spacial score (nSPS) is 11.4. The molecule has 2 N–H and O–H groups in total. The maximum Gasteiger partial charge on any atom is 0.238 e. The van der Waals surface area contributed by atoms with Gasteiger partial charge in [0.1, 0.15) is 0 Å². The molecule has 2 aromatic carbocycles. The van der Waals surface area contributed by atoms with Crippen molar-refractivity contribution in [3.63, 3.8) is 0 Å². The highest BCUT2D eigenvalue weighted by Gasteiger charge is 2.06. The molecule has 0 fully saturated rings. The van der Waals surface area contributed by atoms with E-state index in [2.05, 4.69) is 12.1 Å².